The molecule has 0 aromatic carbocycles. The van der Waals surface area contributed by atoms with Crippen molar-refractivity contribution in [1.29, 1.82) is 0 Å². The Kier molecular flexibility index (Phi) is 4.56. The number of nitrogens with one attached hydrogen (secondary N) is 2. The van der Waals surface area contributed by atoms with Crippen LogP contribution in [0.4, 0.5) is 5.69 Å². The van der Waals surface area contributed by atoms with Gasteiger partial charge < -0.3 is 10.6 Å². The summed E-state index contributed by atoms with van der Waals surface area (Å²) in [5.41, 5.74) is 2.34. The van der Waals surface area contributed by atoms with Crippen molar-refractivity contribution in [1.82, 2.24) is 10.3 Å². The van der Waals surface area contributed by atoms with Crippen molar-refractivity contribution in [3.05, 3.63) is 24.0 Å². The molecule has 1 saturated heterocycles. The maximum absolute atomic E-state index is 4.40. The summed E-state index contributed by atoms with van der Waals surface area (Å²) in [5, 5.41) is 7.56. The van der Waals surface area contributed by atoms with E-state index in [-0.39, 0.29) is 0 Å². The van der Waals surface area contributed by atoms with Crippen LogP contribution >= 0.6 is 0 Å². The highest BCUT2D eigenvalue weighted by Gasteiger charge is 2.32. The average Bonchev–Trinajstić information content (AvgIpc) is 2.51. The molecule has 2 fully saturated rings. The lowest BCUT2D eigenvalue weighted by molar-refractivity contribution is 0.217. The molecule has 2 heterocycles. The number of anilines is 1. The Morgan fingerprint density at radius 1 is 1.15 bits per heavy atom. The summed E-state index contributed by atoms with van der Waals surface area (Å²) in [6.45, 7) is 3.30. The van der Waals surface area contributed by atoms with Gasteiger partial charge in [0, 0.05) is 18.3 Å². The third-order valence-corrected chi connectivity index (χ3v) is 5.03. The van der Waals surface area contributed by atoms with Crippen LogP contribution < -0.4 is 10.6 Å². The van der Waals surface area contributed by atoms with Crippen LogP contribution in [0, 0.1) is 12.8 Å². The summed E-state index contributed by atoms with van der Waals surface area (Å²) in [4.78, 5) is 4.40. The molecule has 3 nitrogen and oxygen atoms in total. The number of piperidine rings is 1. The third-order valence-electron chi connectivity index (χ3n) is 5.03. The molecule has 1 aliphatic carbocycles. The summed E-state index contributed by atoms with van der Waals surface area (Å²) >= 11 is 0. The molecule has 1 aromatic rings. The standard InChI is InChI=1S/C17H27N3/c1-13-15(10-6-12-18-13)20-17-9-3-2-7-14(17)16-8-4-5-11-19-16/h6,10,12,14,16-17,19-20H,2-5,7-9,11H2,1H3. The van der Waals surface area contributed by atoms with E-state index in [4.69, 9.17) is 0 Å². The first-order valence-electron chi connectivity index (χ1n) is 8.26. The minimum Gasteiger partial charge on any atom is -0.381 e. The third kappa shape index (κ3) is 3.14. The van der Waals surface area contributed by atoms with E-state index >= 15 is 0 Å². The molecular weight excluding hydrogens is 246 g/mol. The first-order valence-corrected chi connectivity index (χ1v) is 8.26. The van der Waals surface area contributed by atoms with Gasteiger partial charge in [0.1, 0.15) is 0 Å². The van der Waals surface area contributed by atoms with Crippen LogP contribution in [-0.4, -0.2) is 23.6 Å². The van der Waals surface area contributed by atoms with Crippen molar-refractivity contribution < 1.29 is 0 Å². The van der Waals surface area contributed by atoms with Crippen molar-refractivity contribution in [2.45, 2.75) is 64.0 Å². The second-order valence-electron chi connectivity index (χ2n) is 6.39. The topological polar surface area (TPSA) is 37.0 Å². The van der Waals surface area contributed by atoms with Crippen molar-refractivity contribution in [3.8, 4) is 0 Å². The fourth-order valence-corrected chi connectivity index (χ4v) is 3.90. The summed E-state index contributed by atoms with van der Waals surface area (Å²) in [7, 11) is 0. The quantitative estimate of drug-likeness (QED) is 0.885. The Labute approximate surface area is 122 Å². The maximum atomic E-state index is 4.40. The molecule has 2 aliphatic rings. The van der Waals surface area contributed by atoms with E-state index in [0.29, 0.717) is 6.04 Å². The largest absolute Gasteiger partial charge is 0.381 e. The molecule has 3 rings (SSSR count). The van der Waals surface area contributed by atoms with Crippen LogP contribution in [0.25, 0.3) is 0 Å². The number of rotatable bonds is 3. The van der Waals surface area contributed by atoms with Gasteiger partial charge in [-0.1, -0.05) is 19.3 Å². The minimum absolute atomic E-state index is 0.613. The van der Waals surface area contributed by atoms with Crippen LogP contribution in [0.3, 0.4) is 0 Å². The predicted octanol–water partition coefficient (Wildman–Crippen LogP) is 3.50. The predicted molar refractivity (Wildman–Crippen MR) is 84.0 cm³/mol. The molecule has 0 amide bonds. The summed E-state index contributed by atoms with van der Waals surface area (Å²) in [5.74, 6) is 0.781. The molecule has 3 atom stereocenters. The molecule has 2 N–H and O–H groups in total. The minimum atomic E-state index is 0.613. The van der Waals surface area contributed by atoms with E-state index in [0.717, 1.165) is 17.7 Å². The normalized spacial score (nSPS) is 30.9. The fraction of sp³-hybridized carbons (Fsp3) is 0.706. The highest BCUT2D eigenvalue weighted by Crippen LogP contribution is 2.32. The lowest BCUT2D eigenvalue weighted by atomic mass is 9.77. The van der Waals surface area contributed by atoms with Gasteiger partial charge in [0.15, 0.2) is 0 Å². The van der Waals surface area contributed by atoms with Gasteiger partial charge >= 0.3 is 0 Å². The van der Waals surface area contributed by atoms with Crippen molar-refractivity contribution in [2.24, 2.45) is 5.92 Å². The Balaban J connectivity index is 1.70. The van der Waals surface area contributed by atoms with Crippen LogP contribution in [0.5, 0.6) is 0 Å². The molecule has 0 bridgehead atoms. The highest BCUT2D eigenvalue weighted by molar-refractivity contribution is 5.47. The number of hydrogen-bond donors (Lipinski definition) is 2. The fourth-order valence-electron chi connectivity index (χ4n) is 3.90. The zero-order valence-corrected chi connectivity index (χ0v) is 12.6. The number of nitrogens with zero attached hydrogens (tertiary/aromatic N) is 1. The van der Waals surface area contributed by atoms with Crippen molar-refractivity contribution >= 4 is 5.69 Å². The average molecular weight is 273 g/mol. The van der Waals surface area contributed by atoms with Crippen molar-refractivity contribution in [2.75, 3.05) is 11.9 Å². The Hall–Kier alpha value is -1.09. The Bertz CT molecular complexity index is 426. The first-order chi connectivity index (χ1) is 9.84. The zero-order valence-electron chi connectivity index (χ0n) is 12.6. The van der Waals surface area contributed by atoms with E-state index < -0.39 is 0 Å². The van der Waals surface area contributed by atoms with Crippen molar-refractivity contribution in [3.63, 3.8) is 0 Å². The van der Waals surface area contributed by atoms with Gasteiger partial charge in [-0.15, -0.1) is 0 Å². The van der Waals surface area contributed by atoms with Crippen LogP contribution in [0.1, 0.15) is 50.6 Å². The van der Waals surface area contributed by atoms with E-state index in [1.807, 2.05) is 12.3 Å². The Morgan fingerprint density at radius 3 is 2.80 bits per heavy atom. The van der Waals surface area contributed by atoms with Gasteiger partial charge in [-0.3, -0.25) is 4.98 Å². The second kappa shape index (κ2) is 6.57. The highest BCUT2D eigenvalue weighted by atomic mass is 15.0. The molecule has 3 heteroatoms. The smallest absolute Gasteiger partial charge is 0.0603 e. The van der Waals surface area contributed by atoms with Gasteiger partial charge in [0.05, 0.1) is 11.4 Å². The summed E-state index contributed by atoms with van der Waals surface area (Å²) in [6, 6.07) is 5.54. The van der Waals surface area contributed by atoms with E-state index in [9.17, 15) is 0 Å². The molecule has 1 aromatic heterocycles. The molecule has 0 radical (unpaired) electrons. The number of hydrogen-bond acceptors (Lipinski definition) is 3. The van der Waals surface area contributed by atoms with Gasteiger partial charge in [-0.25, -0.2) is 0 Å². The van der Waals surface area contributed by atoms with Gasteiger partial charge in [0.2, 0.25) is 0 Å². The van der Waals surface area contributed by atoms with E-state index in [1.54, 1.807) is 0 Å². The number of pyridine rings is 1. The summed E-state index contributed by atoms with van der Waals surface area (Å²) in [6.07, 6.45) is 11.4. The maximum Gasteiger partial charge on any atom is 0.0603 e. The first kappa shape index (κ1) is 13.9. The van der Waals surface area contributed by atoms with E-state index in [2.05, 4.69) is 28.6 Å². The SMILES string of the molecule is Cc1ncccc1NC1CCCCC1C1CCCCN1. The van der Waals surface area contributed by atoms with Gasteiger partial charge in [-0.05, 0) is 57.2 Å². The zero-order chi connectivity index (χ0) is 13.8. The lowest BCUT2D eigenvalue weighted by Crippen LogP contribution is -2.48. The molecule has 1 aliphatic heterocycles. The summed E-state index contributed by atoms with van der Waals surface area (Å²) < 4.78 is 0. The Morgan fingerprint density at radius 2 is 2.00 bits per heavy atom. The van der Waals surface area contributed by atoms with E-state index in [1.165, 1.54) is 57.2 Å². The molecule has 20 heavy (non-hydrogen) atoms. The molecule has 110 valence electrons. The van der Waals surface area contributed by atoms with Crippen LogP contribution in [-0.2, 0) is 0 Å². The molecule has 3 unspecified atom stereocenters. The molecular formula is C17H27N3. The molecule has 1 saturated carbocycles. The lowest BCUT2D eigenvalue weighted by Gasteiger charge is -2.40. The monoisotopic (exact) mass is 273 g/mol. The number of aryl methyl sites for hydroxylation is 1. The van der Waals surface area contributed by atoms with Crippen LogP contribution in [0.15, 0.2) is 18.3 Å². The second-order valence-corrected chi connectivity index (χ2v) is 6.39. The van der Waals surface area contributed by atoms with Gasteiger partial charge in [-0.2, -0.15) is 0 Å². The number of aromatic nitrogens is 1. The molecule has 0 spiro atoms. The van der Waals surface area contributed by atoms with Gasteiger partial charge in [0.25, 0.3) is 0 Å². The van der Waals surface area contributed by atoms with Crippen LogP contribution in [0.2, 0.25) is 0 Å².